The smallest absolute Gasteiger partial charge is 0.330 e. The summed E-state index contributed by atoms with van der Waals surface area (Å²) in [5, 5.41) is 0. The Morgan fingerprint density at radius 3 is 2.69 bits per heavy atom. The first-order chi connectivity index (χ1) is 17.3. The van der Waals surface area contributed by atoms with Crippen LogP contribution in [0.2, 0.25) is 0 Å². The Kier molecular flexibility index (Phi) is 8.03. The minimum absolute atomic E-state index is 0.0340. The number of ether oxygens (including phenoxy) is 2. The molecule has 2 aliphatic heterocycles. The summed E-state index contributed by atoms with van der Waals surface area (Å²) < 4.78 is 12.8. The van der Waals surface area contributed by atoms with Crippen molar-refractivity contribution in [1.29, 1.82) is 0 Å². The topological polar surface area (TPSA) is 123 Å². The van der Waals surface area contributed by atoms with Gasteiger partial charge in [-0.2, -0.15) is 0 Å². The van der Waals surface area contributed by atoms with Crippen molar-refractivity contribution in [1.82, 2.24) is 14.5 Å². The second-order valence-electron chi connectivity index (χ2n) is 9.93. The average molecular weight is 500 g/mol. The van der Waals surface area contributed by atoms with E-state index in [1.54, 1.807) is 0 Å². The van der Waals surface area contributed by atoms with Gasteiger partial charge in [0.15, 0.2) is 17.2 Å². The maximum Gasteiger partial charge on any atom is 0.330 e. The number of amides is 1. The van der Waals surface area contributed by atoms with Crippen LogP contribution in [0.4, 0.5) is 11.5 Å². The lowest BCUT2D eigenvalue weighted by Gasteiger charge is -2.30. The van der Waals surface area contributed by atoms with Crippen molar-refractivity contribution in [3.8, 4) is 11.5 Å². The minimum Gasteiger partial charge on any atom is -0.486 e. The van der Waals surface area contributed by atoms with Crippen LogP contribution in [-0.4, -0.2) is 53.2 Å². The molecule has 2 aromatic rings. The zero-order valence-electron chi connectivity index (χ0n) is 21.4. The number of likely N-dealkylation sites (tertiary alicyclic amines) is 1. The number of fused-ring (bicyclic) bond motifs is 1. The van der Waals surface area contributed by atoms with Gasteiger partial charge >= 0.3 is 5.69 Å². The third-order valence-corrected chi connectivity index (χ3v) is 6.72. The first-order valence-electron chi connectivity index (χ1n) is 12.9. The van der Waals surface area contributed by atoms with Gasteiger partial charge in [-0.3, -0.25) is 24.0 Å². The first-order valence-corrected chi connectivity index (χ1v) is 12.9. The van der Waals surface area contributed by atoms with Crippen molar-refractivity contribution in [3.05, 3.63) is 44.6 Å². The lowest BCUT2D eigenvalue weighted by molar-refractivity contribution is -0.120. The molecule has 1 fully saturated rings. The quantitative estimate of drug-likeness (QED) is 0.543. The number of carbonyl (C=O) groups is 1. The molecule has 1 aromatic carbocycles. The van der Waals surface area contributed by atoms with Gasteiger partial charge in [-0.05, 0) is 49.4 Å². The van der Waals surface area contributed by atoms with E-state index in [1.807, 2.05) is 39.0 Å². The molecule has 2 aliphatic rings. The molecule has 0 aliphatic carbocycles. The average Bonchev–Trinajstić information content (AvgIpc) is 3.31. The van der Waals surface area contributed by atoms with Gasteiger partial charge < -0.3 is 20.1 Å². The van der Waals surface area contributed by atoms with Crippen molar-refractivity contribution in [2.75, 3.05) is 43.5 Å². The predicted octanol–water partition coefficient (Wildman–Crippen LogP) is 2.52. The Labute approximate surface area is 211 Å². The van der Waals surface area contributed by atoms with Gasteiger partial charge in [0.05, 0.1) is 6.54 Å². The number of anilines is 2. The Morgan fingerprint density at radius 2 is 1.97 bits per heavy atom. The lowest BCUT2D eigenvalue weighted by atomic mass is 10.0. The number of hydrogen-bond donors (Lipinski definition) is 2. The fraction of sp³-hybridized carbons (Fsp3) is 0.577. The molecule has 1 amide bonds. The molecule has 196 valence electrons. The van der Waals surface area contributed by atoms with E-state index in [9.17, 15) is 14.4 Å². The first kappa shape index (κ1) is 25.8. The molecule has 0 unspecified atom stereocenters. The molecule has 1 saturated heterocycles. The molecule has 1 atom stereocenters. The zero-order chi connectivity index (χ0) is 25.8. The van der Waals surface area contributed by atoms with Crippen molar-refractivity contribution in [2.45, 2.75) is 59.0 Å². The fourth-order valence-corrected chi connectivity index (χ4v) is 4.98. The fourth-order valence-electron chi connectivity index (χ4n) is 4.98. The highest BCUT2D eigenvalue weighted by Crippen LogP contribution is 2.38. The number of nitrogens with one attached hydrogen (secondary N) is 1. The molecule has 3 N–H and O–H groups in total. The summed E-state index contributed by atoms with van der Waals surface area (Å²) in [6, 6.07) is 6.01. The number of nitrogen functional groups attached to an aromatic ring is 1. The van der Waals surface area contributed by atoms with Crippen LogP contribution in [0.5, 0.6) is 11.5 Å². The van der Waals surface area contributed by atoms with Crippen LogP contribution in [0.3, 0.4) is 0 Å². The molecular formula is C26H37N5O5. The highest BCUT2D eigenvalue weighted by molar-refractivity contribution is 5.96. The normalized spacial score (nSPS) is 17.5. The summed E-state index contributed by atoms with van der Waals surface area (Å²) >= 11 is 0. The van der Waals surface area contributed by atoms with Crippen LogP contribution < -0.4 is 31.4 Å². The van der Waals surface area contributed by atoms with E-state index in [0.717, 1.165) is 42.9 Å². The maximum atomic E-state index is 13.7. The summed E-state index contributed by atoms with van der Waals surface area (Å²) in [4.78, 5) is 45.0. The van der Waals surface area contributed by atoms with Crippen LogP contribution >= 0.6 is 0 Å². The van der Waals surface area contributed by atoms with Crippen molar-refractivity contribution < 1.29 is 14.3 Å². The predicted molar refractivity (Wildman–Crippen MR) is 139 cm³/mol. The Balaban J connectivity index is 1.61. The van der Waals surface area contributed by atoms with Gasteiger partial charge in [-0.1, -0.05) is 33.3 Å². The van der Waals surface area contributed by atoms with Gasteiger partial charge in [0, 0.05) is 19.1 Å². The van der Waals surface area contributed by atoms with Crippen LogP contribution in [0.1, 0.15) is 58.1 Å². The maximum absolute atomic E-state index is 13.7. The number of carbonyl (C=O) groups excluding carboxylic acids is 1. The molecule has 10 heteroatoms. The standard InChI is InChI=1S/C26H37N5O5/c1-4-5-11-30(23-24(27)31(15-17(2)3)26(34)28-25(23)33)22(32)16-29-10-6-7-19(29)18-8-9-20-21(14-18)36-13-12-35-20/h8-9,14,17,19H,4-7,10-13,15-16,27H2,1-3H3,(H,28,33,34)/t19-/m0/s1. The largest absolute Gasteiger partial charge is 0.486 e. The Bertz CT molecular complexity index is 1200. The molecule has 10 nitrogen and oxygen atoms in total. The Morgan fingerprint density at radius 1 is 1.22 bits per heavy atom. The van der Waals surface area contributed by atoms with Gasteiger partial charge in [0.2, 0.25) is 5.91 Å². The highest BCUT2D eigenvalue weighted by atomic mass is 16.6. The number of nitrogens with two attached hydrogens (primary N) is 1. The molecule has 4 rings (SSSR count). The van der Waals surface area contributed by atoms with Crippen LogP contribution in [0.25, 0.3) is 0 Å². The van der Waals surface area contributed by atoms with Gasteiger partial charge in [-0.15, -0.1) is 0 Å². The molecule has 0 saturated carbocycles. The Hall–Kier alpha value is -3.27. The molecule has 0 spiro atoms. The SMILES string of the molecule is CCCCN(C(=O)CN1CCC[C@H]1c1ccc2c(c1)OCCO2)c1c(N)n(CC(C)C)c(=O)[nH]c1=O. The summed E-state index contributed by atoms with van der Waals surface area (Å²) in [6.45, 7) is 8.61. The van der Waals surface area contributed by atoms with Gasteiger partial charge in [-0.25, -0.2) is 4.79 Å². The summed E-state index contributed by atoms with van der Waals surface area (Å²) in [6.07, 6.45) is 3.43. The molecule has 3 heterocycles. The third kappa shape index (κ3) is 5.43. The van der Waals surface area contributed by atoms with Gasteiger partial charge in [0.25, 0.3) is 5.56 Å². The molecule has 36 heavy (non-hydrogen) atoms. The molecule has 1 aromatic heterocycles. The number of unbranched alkanes of at least 4 members (excludes halogenated alkanes) is 1. The van der Waals surface area contributed by atoms with Crippen molar-refractivity contribution >= 4 is 17.4 Å². The van der Waals surface area contributed by atoms with Crippen molar-refractivity contribution in [2.24, 2.45) is 5.92 Å². The number of rotatable bonds is 9. The summed E-state index contributed by atoms with van der Waals surface area (Å²) in [5.74, 6) is 1.43. The minimum atomic E-state index is -0.633. The van der Waals surface area contributed by atoms with E-state index >= 15 is 0 Å². The van der Waals surface area contributed by atoms with E-state index in [0.29, 0.717) is 32.7 Å². The monoisotopic (exact) mass is 499 g/mol. The number of aromatic nitrogens is 2. The van der Waals surface area contributed by atoms with Crippen LogP contribution in [0.15, 0.2) is 27.8 Å². The lowest BCUT2D eigenvalue weighted by Crippen LogP contribution is -2.45. The summed E-state index contributed by atoms with van der Waals surface area (Å²) in [5.41, 5.74) is 6.29. The number of nitrogens with zero attached hydrogens (tertiary/aromatic N) is 3. The van der Waals surface area contributed by atoms with Crippen molar-refractivity contribution in [3.63, 3.8) is 0 Å². The molecule has 0 radical (unpaired) electrons. The van der Waals surface area contributed by atoms with E-state index in [2.05, 4.69) is 9.88 Å². The third-order valence-electron chi connectivity index (χ3n) is 6.72. The molecule has 0 bridgehead atoms. The second-order valence-corrected chi connectivity index (χ2v) is 9.93. The number of benzene rings is 1. The van der Waals surface area contributed by atoms with E-state index in [4.69, 9.17) is 15.2 Å². The highest BCUT2D eigenvalue weighted by Gasteiger charge is 2.32. The second kappa shape index (κ2) is 11.2. The van der Waals surface area contributed by atoms with E-state index in [1.165, 1.54) is 9.47 Å². The van der Waals surface area contributed by atoms with E-state index < -0.39 is 11.2 Å². The summed E-state index contributed by atoms with van der Waals surface area (Å²) in [7, 11) is 0. The van der Waals surface area contributed by atoms with Crippen LogP contribution in [0, 0.1) is 5.92 Å². The van der Waals surface area contributed by atoms with Crippen LogP contribution in [-0.2, 0) is 11.3 Å². The van der Waals surface area contributed by atoms with Gasteiger partial charge in [0.1, 0.15) is 19.0 Å². The zero-order valence-corrected chi connectivity index (χ0v) is 21.4. The number of aromatic amines is 1. The molecular weight excluding hydrogens is 462 g/mol. The number of H-pyrrole nitrogens is 1. The number of hydrogen-bond acceptors (Lipinski definition) is 7. The van der Waals surface area contributed by atoms with E-state index in [-0.39, 0.29) is 35.9 Å².